The molecule has 104 valence electrons. The number of aromatic nitrogens is 1. The number of hydrogen-bond acceptors (Lipinski definition) is 2. The molecule has 1 heterocycles. The number of nitrogens with one attached hydrogen (secondary N) is 1. The van der Waals surface area contributed by atoms with Gasteiger partial charge in [0.15, 0.2) is 0 Å². The molecule has 3 atom stereocenters. The van der Waals surface area contributed by atoms with Crippen LogP contribution in [0.25, 0.3) is 10.9 Å². The largest absolute Gasteiger partial charge is 0.381 e. The third-order valence-electron chi connectivity index (χ3n) is 5.23. The molecule has 20 heavy (non-hydrogen) atoms. The quantitative estimate of drug-likeness (QED) is 0.908. The Kier molecular flexibility index (Phi) is 2.62. The lowest BCUT2D eigenvalue weighted by Crippen LogP contribution is -2.27. The molecule has 2 aromatic rings. The summed E-state index contributed by atoms with van der Waals surface area (Å²) < 4.78 is 1.72. The molecule has 3 heteroatoms. The molecule has 2 fully saturated rings. The SMILES string of the molecule is Cn1c(=O)cc(NC2CC3CCC2C3)c2ccccc21. The summed E-state index contributed by atoms with van der Waals surface area (Å²) in [5, 5.41) is 4.82. The molecule has 1 aromatic heterocycles. The minimum absolute atomic E-state index is 0.0642. The topological polar surface area (TPSA) is 34.0 Å². The molecule has 2 bridgehead atoms. The fourth-order valence-corrected chi connectivity index (χ4v) is 4.15. The van der Waals surface area contributed by atoms with E-state index in [9.17, 15) is 4.79 Å². The van der Waals surface area contributed by atoms with Crippen LogP contribution in [0.5, 0.6) is 0 Å². The van der Waals surface area contributed by atoms with E-state index >= 15 is 0 Å². The highest BCUT2D eigenvalue weighted by Crippen LogP contribution is 2.45. The maximum Gasteiger partial charge on any atom is 0.252 e. The summed E-state index contributed by atoms with van der Waals surface area (Å²) >= 11 is 0. The number of anilines is 1. The summed E-state index contributed by atoms with van der Waals surface area (Å²) in [6, 6.07) is 10.5. The second-order valence-corrected chi connectivity index (χ2v) is 6.40. The van der Waals surface area contributed by atoms with Gasteiger partial charge < -0.3 is 9.88 Å². The normalized spacial score (nSPS) is 28.1. The molecule has 2 aliphatic carbocycles. The van der Waals surface area contributed by atoms with E-state index in [1.54, 1.807) is 10.6 Å². The van der Waals surface area contributed by atoms with Crippen LogP contribution in [0.3, 0.4) is 0 Å². The molecular weight excluding hydrogens is 248 g/mol. The summed E-state index contributed by atoms with van der Waals surface area (Å²) in [5.74, 6) is 1.72. The first kappa shape index (κ1) is 12.0. The first-order chi connectivity index (χ1) is 9.72. The Balaban J connectivity index is 1.76. The van der Waals surface area contributed by atoms with Gasteiger partial charge in [0, 0.05) is 30.2 Å². The van der Waals surface area contributed by atoms with Crippen molar-refractivity contribution in [1.82, 2.24) is 4.57 Å². The lowest BCUT2D eigenvalue weighted by molar-refractivity contribution is 0.440. The van der Waals surface area contributed by atoms with Gasteiger partial charge in [-0.15, -0.1) is 0 Å². The van der Waals surface area contributed by atoms with Gasteiger partial charge in [-0.1, -0.05) is 24.6 Å². The van der Waals surface area contributed by atoms with Crippen molar-refractivity contribution in [3.05, 3.63) is 40.7 Å². The van der Waals surface area contributed by atoms with Crippen LogP contribution in [-0.2, 0) is 7.05 Å². The number of rotatable bonds is 2. The number of hydrogen-bond donors (Lipinski definition) is 1. The molecule has 0 amide bonds. The number of pyridine rings is 1. The molecule has 2 aliphatic rings. The predicted molar refractivity (Wildman–Crippen MR) is 82.0 cm³/mol. The molecule has 0 saturated heterocycles. The molecule has 4 rings (SSSR count). The van der Waals surface area contributed by atoms with Crippen molar-refractivity contribution in [3.8, 4) is 0 Å². The first-order valence-electron chi connectivity index (χ1n) is 7.57. The van der Waals surface area contributed by atoms with Crippen LogP contribution >= 0.6 is 0 Å². The monoisotopic (exact) mass is 268 g/mol. The van der Waals surface area contributed by atoms with Gasteiger partial charge in [-0.3, -0.25) is 4.79 Å². The van der Waals surface area contributed by atoms with Crippen LogP contribution in [0.2, 0.25) is 0 Å². The second-order valence-electron chi connectivity index (χ2n) is 6.40. The van der Waals surface area contributed by atoms with E-state index in [1.807, 2.05) is 25.2 Å². The Bertz CT molecular complexity index is 718. The van der Waals surface area contributed by atoms with Gasteiger partial charge in [0.05, 0.1) is 5.52 Å². The maximum atomic E-state index is 12.1. The fraction of sp³-hybridized carbons (Fsp3) is 0.471. The van der Waals surface area contributed by atoms with E-state index in [0.717, 1.165) is 28.4 Å². The number of aryl methyl sites for hydroxylation is 1. The summed E-state index contributed by atoms with van der Waals surface area (Å²) in [5.41, 5.74) is 2.08. The van der Waals surface area contributed by atoms with Crippen molar-refractivity contribution in [3.63, 3.8) is 0 Å². The zero-order chi connectivity index (χ0) is 13.7. The number of fused-ring (bicyclic) bond motifs is 3. The van der Waals surface area contributed by atoms with Gasteiger partial charge >= 0.3 is 0 Å². The molecule has 0 spiro atoms. The van der Waals surface area contributed by atoms with Gasteiger partial charge in [0.2, 0.25) is 0 Å². The van der Waals surface area contributed by atoms with Crippen LogP contribution < -0.4 is 10.9 Å². The van der Waals surface area contributed by atoms with Crippen LogP contribution in [0.15, 0.2) is 35.1 Å². The van der Waals surface area contributed by atoms with Crippen LogP contribution in [0, 0.1) is 11.8 Å². The van der Waals surface area contributed by atoms with Crippen molar-refractivity contribution >= 4 is 16.6 Å². The average Bonchev–Trinajstić information content (AvgIpc) is 3.07. The average molecular weight is 268 g/mol. The highest BCUT2D eigenvalue weighted by molar-refractivity contribution is 5.91. The zero-order valence-corrected chi connectivity index (χ0v) is 11.8. The van der Waals surface area contributed by atoms with Crippen LogP contribution in [0.4, 0.5) is 5.69 Å². The number of benzene rings is 1. The summed E-state index contributed by atoms with van der Waals surface area (Å²) in [7, 11) is 1.84. The predicted octanol–water partition coefficient (Wildman–Crippen LogP) is 3.14. The molecule has 1 N–H and O–H groups in total. The number of nitrogens with zero attached hydrogens (tertiary/aromatic N) is 1. The standard InChI is InChI=1S/C17H20N2O/c1-19-16-5-3-2-4-13(16)15(10-17(19)20)18-14-9-11-6-7-12(14)8-11/h2-5,10-12,14,18H,6-9H2,1H3. The van der Waals surface area contributed by atoms with E-state index in [2.05, 4.69) is 11.4 Å². The van der Waals surface area contributed by atoms with Crippen molar-refractivity contribution in [1.29, 1.82) is 0 Å². The molecule has 3 unspecified atom stereocenters. The minimum atomic E-state index is 0.0642. The molecule has 0 aliphatic heterocycles. The van der Waals surface area contributed by atoms with E-state index < -0.39 is 0 Å². The van der Waals surface area contributed by atoms with Gasteiger partial charge in [-0.2, -0.15) is 0 Å². The van der Waals surface area contributed by atoms with E-state index in [-0.39, 0.29) is 5.56 Å². The van der Waals surface area contributed by atoms with Gasteiger partial charge in [-0.25, -0.2) is 0 Å². The summed E-state index contributed by atoms with van der Waals surface area (Å²) in [6.45, 7) is 0. The minimum Gasteiger partial charge on any atom is -0.381 e. The van der Waals surface area contributed by atoms with Crippen molar-refractivity contribution in [2.45, 2.75) is 31.7 Å². The van der Waals surface area contributed by atoms with Crippen molar-refractivity contribution in [2.75, 3.05) is 5.32 Å². The lowest BCUT2D eigenvalue weighted by atomic mass is 9.95. The van der Waals surface area contributed by atoms with Gasteiger partial charge in [0.25, 0.3) is 5.56 Å². The van der Waals surface area contributed by atoms with E-state index in [1.165, 1.54) is 25.7 Å². The summed E-state index contributed by atoms with van der Waals surface area (Å²) in [4.78, 5) is 12.1. The molecule has 3 nitrogen and oxygen atoms in total. The third-order valence-corrected chi connectivity index (χ3v) is 5.23. The Morgan fingerprint density at radius 1 is 1.20 bits per heavy atom. The van der Waals surface area contributed by atoms with E-state index in [4.69, 9.17) is 0 Å². The summed E-state index contributed by atoms with van der Waals surface area (Å²) in [6.07, 6.45) is 5.40. The van der Waals surface area contributed by atoms with Crippen molar-refractivity contribution < 1.29 is 0 Å². The van der Waals surface area contributed by atoms with Gasteiger partial charge in [-0.05, 0) is 37.2 Å². The highest BCUT2D eigenvalue weighted by Gasteiger charge is 2.39. The molecular formula is C17H20N2O. The highest BCUT2D eigenvalue weighted by atomic mass is 16.1. The van der Waals surface area contributed by atoms with Crippen LogP contribution in [0.1, 0.15) is 25.7 Å². The smallest absolute Gasteiger partial charge is 0.252 e. The first-order valence-corrected chi connectivity index (χ1v) is 7.57. The van der Waals surface area contributed by atoms with Crippen LogP contribution in [-0.4, -0.2) is 10.6 Å². The molecule has 1 aromatic carbocycles. The second kappa shape index (κ2) is 4.37. The third kappa shape index (κ3) is 1.76. The Hall–Kier alpha value is -1.77. The molecule has 0 radical (unpaired) electrons. The van der Waals surface area contributed by atoms with Gasteiger partial charge in [0.1, 0.15) is 0 Å². The Labute approximate surface area is 118 Å². The molecule has 2 saturated carbocycles. The number of para-hydroxylation sites is 1. The Morgan fingerprint density at radius 3 is 2.80 bits per heavy atom. The van der Waals surface area contributed by atoms with Crippen molar-refractivity contribution in [2.24, 2.45) is 18.9 Å². The van der Waals surface area contributed by atoms with E-state index in [0.29, 0.717) is 6.04 Å². The Morgan fingerprint density at radius 2 is 2.05 bits per heavy atom. The maximum absolute atomic E-state index is 12.1. The zero-order valence-electron chi connectivity index (χ0n) is 11.8. The lowest BCUT2D eigenvalue weighted by Gasteiger charge is -2.25. The fourth-order valence-electron chi connectivity index (χ4n) is 4.15.